The SMILES string of the molecule is C=C1/C(=C/C=C2/CCC[C@]3(C)[C@@H]([C@@H](C)OCCCC(O)(CC)CC)CC[C@@H]23)C[C@@H](O)C[C@@H]1O. The maximum atomic E-state index is 10.5. The Kier molecular flexibility index (Phi) is 9.05. The van der Waals surface area contributed by atoms with Crippen molar-refractivity contribution in [2.45, 2.75) is 122 Å². The van der Waals surface area contributed by atoms with Crippen molar-refractivity contribution in [3.8, 4) is 0 Å². The number of hydrogen-bond donors (Lipinski definition) is 3. The second-order valence-electron chi connectivity index (χ2n) is 11.3. The third-order valence-corrected chi connectivity index (χ3v) is 9.35. The lowest BCUT2D eigenvalue weighted by Crippen LogP contribution is -2.39. The van der Waals surface area contributed by atoms with E-state index in [-0.39, 0.29) is 11.5 Å². The zero-order chi connectivity index (χ0) is 24.2. The average molecular weight is 461 g/mol. The molecule has 3 N–H and O–H groups in total. The molecule has 0 unspecified atom stereocenters. The Morgan fingerprint density at radius 1 is 1.21 bits per heavy atom. The number of aliphatic hydroxyl groups is 3. The van der Waals surface area contributed by atoms with Crippen LogP contribution < -0.4 is 0 Å². The van der Waals surface area contributed by atoms with Crippen molar-refractivity contribution in [2.24, 2.45) is 17.3 Å². The number of ether oxygens (including phenoxy) is 1. The quantitative estimate of drug-likeness (QED) is 0.377. The summed E-state index contributed by atoms with van der Waals surface area (Å²) in [6, 6.07) is 0. The lowest BCUT2D eigenvalue weighted by Gasteiger charge is -2.44. The number of fused-ring (bicyclic) bond motifs is 1. The topological polar surface area (TPSA) is 69.9 Å². The summed E-state index contributed by atoms with van der Waals surface area (Å²) < 4.78 is 6.34. The highest BCUT2D eigenvalue weighted by Gasteiger charge is 2.51. The fourth-order valence-corrected chi connectivity index (χ4v) is 6.91. The molecular weight excluding hydrogens is 412 g/mol. The van der Waals surface area contributed by atoms with Crippen molar-refractivity contribution >= 4 is 0 Å². The Morgan fingerprint density at radius 3 is 2.64 bits per heavy atom. The molecule has 3 fully saturated rings. The zero-order valence-electron chi connectivity index (χ0n) is 21.5. The van der Waals surface area contributed by atoms with Gasteiger partial charge in [0.2, 0.25) is 0 Å². The molecule has 6 atom stereocenters. The van der Waals surface area contributed by atoms with Crippen molar-refractivity contribution in [2.75, 3.05) is 6.61 Å². The summed E-state index contributed by atoms with van der Waals surface area (Å²) in [5, 5.41) is 30.7. The molecule has 3 saturated carbocycles. The van der Waals surface area contributed by atoms with E-state index in [2.05, 4.69) is 46.4 Å². The first kappa shape index (κ1) is 26.7. The predicted molar refractivity (Wildman–Crippen MR) is 135 cm³/mol. The number of rotatable bonds is 9. The first-order chi connectivity index (χ1) is 15.6. The van der Waals surface area contributed by atoms with E-state index in [0.717, 1.165) is 49.9 Å². The number of allylic oxidation sites excluding steroid dienone is 3. The molecule has 3 rings (SSSR count). The second kappa shape index (κ2) is 11.2. The Bertz CT molecular complexity index is 734. The highest BCUT2D eigenvalue weighted by molar-refractivity contribution is 5.38. The van der Waals surface area contributed by atoms with Gasteiger partial charge in [-0.25, -0.2) is 0 Å². The summed E-state index contributed by atoms with van der Waals surface area (Å²) in [5.41, 5.74) is 3.00. The van der Waals surface area contributed by atoms with Crippen LogP contribution in [0.3, 0.4) is 0 Å². The Hall–Kier alpha value is -0.940. The van der Waals surface area contributed by atoms with E-state index in [1.165, 1.54) is 31.3 Å². The minimum Gasteiger partial charge on any atom is -0.393 e. The van der Waals surface area contributed by atoms with Crippen LogP contribution in [-0.2, 0) is 4.74 Å². The van der Waals surface area contributed by atoms with E-state index in [0.29, 0.717) is 24.7 Å². The van der Waals surface area contributed by atoms with Crippen LogP contribution in [0.25, 0.3) is 0 Å². The first-order valence-corrected chi connectivity index (χ1v) is 13.4. The minimum atomic E-state index is -0.630. The van der Waals surface area contributed by atoms with Crippen LogP contribution in [0.4, 0.5) is 0 Å². The average Bonchev–Trinajstić information content (AvgIpc) is 3.15. The van der Waals surface area contributed by atoms with Crippen molar-refractivity contribution in [3.63, 3.8) is 0 Å². The van der Waals surface area contributed by atoms with Crippen LogP contribution in [0.2, 0.25) is 0 Å². The van der Waals surface area contributed by atoms with Gasteiger partial charge in [-0.15, -0.1) is 0 Å². The maximum Gasteiger partial charge on any atom is 0.0811 e. The minimum absolute atomic E-state index is 0.234. The highest BCUT2D eigenvalue weighted by Crippen LogP contribution is 2.58. The van der Waals surface area contributed by atoms with Gasteiger partial charge in [-0.05, 0) is 99.5 Å². The highest BCUT2D eigenvalue weighted by atomic mass is 16.5. The van der Waals surface area contributed by atoms with Crippen LogP contribution >= 0.6 is 0 Å². The molecule has 0 bridgehead atoms. The van der Waals surface area contributed by atoms with E-state index in [9.17, 15) is 15.3 Å². The molecule has 0 radical (unpaired) electrons. The van der Waals surface area contributed by atoms with Gasteiger partial charge < -0.3 is 20.1 Å². The van der Waals surface area contributed by atoms with Crippen molar-refractivity contribution < 1.29 is 20.1 Å². The molecule has 4 nitrogen and oxygen atoms in total. The van der Waals surface area contributed by atoms with Crippen molar-refractivity contribution in [3.05, 3.63) is 35.5 Å². The summed E-state index contributed by atoms with van der Waals surface area (Å²) in [7, 11) is 0. The normalized spacial score (nSPS) is 36.4. The molecule has 0 heterocycles. The summed E-state index contributed by atoms with van der Waals surface area (Å²) in [4.78, 5) is 0. The lowest BCUT2D eigenvalue weighted by molar-refractivity contribution is -0.0365. The van der Waals surface area contributed by atoms with Gasteiger partial charge in [0.1, 0.15) is 0 Å². The van der Waals surface area contributed by atoms with Crippen LogP contribution in [0.5, 0.6) is 0 Å². The van der Waals surface area contributed by atoms with Gasteiger partial charge in [-0.2, -0.15) is 0 Å². The zero-order valence-corrected chi connectivity index (χ0v) is 21.5. The van der Waals surface area contributed by atoms with E-state index in [1.54, 1.807) is 0 Å². The van der Waals surface area contributed by atoms with Crippen LogP contribution in [0, 0.1) is 17.3 Å². The molecule has 33 heavy (non-hydrogen) atoms. The fourth-order valence-electron chi connectivity index (χ4n) is 6.91. The molecule has 0 aromatic rings. The predicted octanol–water partition coefficient (Wildman–Crippen LogP) is 5.86. The third-order valence-electron chi connectivity index (χ3n) is 9.35. The van der Waals surface area contributed by atoms with Gasteiger partial charge in [0.15, 0.2) is 0 Å². The van der Waals surface area contributed by atoms with E-state index in [1.807, 2.05) is 0 Å². The second-order valence-corrected chi connectivity index (χ2v) is 11.3. The van der Waals surface area contributed by atoms with Gasteiger partial charge in [-0.1, -0.05) is 45.1 Å². The summed E-state index contributed by atoms with van der Waals surface area (Å²) in [5.74, 6) is 1.14. The molecule has 0 spiro atoms. The van der Waals surface area contributed by atoms with E-state index in [4.69, 9.17) is 4.74 Å². The molecule has 3 aliphatic carbocycles. The van der Waals surface area contributed by atoms with Crippen LogP contribution in [-0.4, -0.2) is 45.8 Å². The Morgan fingerprint density at radius 2 is 1.94 bits per heavy atom. The summed E-state index contributed by atoms with van der Waals surface area (Å²) in [6.45, 7) is 13.6. The Labute approximate surface area is 201 Å². The molecule has 0 saturated heterocycles. The molecule has 188 valence electrons. The van der Waals surface area contributed by atoms with Crippen LogP contribution in [0.1, 0.15) is 98.3 Å². The van der Waals surface area contributed by atoms with Crippen molar-refractivity contribution in [1.29, 1.82) is 0 Å². The summed E-state index contributed by atoms with van der Waals surface area (Å²) >= 11 is 0. The molecule has 3 aliphatic rings. The van der Waals surface area contributed by atoms with E-state index < -0.39 is 17.8 Å². The van der Waals surface area contributed by atoms with Crippen LogP contribution in [0.15, 0.2) is 35.5 Å². The molecular formula is C29H48O4. The molecule has 4 heteroatoms. The fraction of sp³-hybridized carbons (Fsp3) is 0.793. The maximum absolute atomic E-state index is 10.5. The molecule has 0 aliphatic heterocycles. The smallest absolute Gasteiger partial charge is 0.0811 e. The van der Waals surface area contributed by atoms with Crippen molar-refractivity contribution in [1.82, 2.24) is 0 Å². The van der Waals surface area contributed by atoms with Gasteiger partial charge in [0.05, 0.1) is 23.9 Å². The standard InChI is InChI=1S/C29H48O4/c1-6-29(32,7-2)16-9-17-33-21(4)25-13-14-26-22(10-8-15-28(25,26)5)11-12-23-18-24(30)19-27(31)20(23)3/h11-12,21,24-27,30-32H,3,6-10,13-19H2,1-2,4-5H3/b22-11-,23-12+/t21-,24-,25-,26+,27+,28-/m1/s1. The number of hydrogen-bond acceptors (Lipinski definition) is 4. The molecule has 0 aromatic heterocycles. The number of aliphatic hydroxyl groups excluding tert-OH is 2. The van der Waals surface area contributed by atoms with Gasteiger partial charge in [0, 0.05) is 13.0 Å². The third kappa shape index (κ3) is 6.01. The monoisotopic (exact) mass is 460 g/mol. The Balaban J connectivity index is 1.62. The van der Waals surface area contributed by atoms with Gasteiger partial charge in [-0.3, -0.25) is 0 Å². The molecule has 0 amide bonds. The molecule has 0 aromatic carbocycles. The van der Waals surface area contributed by atoms with Gasteiger partial charge in [0.25, 0.3) is 0 Å². The van der Waals surface area contributed by atoms with E-state index >= 15 is 0 Å². The first-order valence-electron chi connectivity index (χ1n) is 13.4. The largest absolute Gasteiger partial charge is 0.393 e. The lowest BCUT2D eigenvalue weighted by atomic mass is 9.62. The van der Waals surface area contributed by atoms with Gasteiger partial charge >= 0.3 is 0 Å². The summed E-state index contributed by atoms with van der Waals surface area (Å²) in [6.07, 6.45) is 13.8.